The summed E-state index contributed by atoms with van der Waals surface area (Å²) in [5.41, 5.74) is 3.04. The number of hydrogen-bond acceptors (Lipinski definition) is 1. The number of carboxylic acids is 1. The van der Waals surface area contributed by atoms with Crippen LogP contribution in [0, 0.1) is 0 Å². The lowest BCUT2D eigenvalue weighted by Crippen LogP contribution is -1.88. The van der Waals surface area contributed by atoms with Crippen LogP contribution in [-0.4, -0.2) is 11.1 Å². The average Bonchev–Trinajstić information content (AvgIpc) is 2.53. The molecule has 0 saturated heterocycles. The molecule has 102 valence electrons. The third-order valence-electron chi connectivity index (χ3n) is 3.45. The molecule has 0 fully saturated rings. The third kappa shape index (κ3) is 2.70. The van der Waals surface area contributed by atoms with Crippen LogP contribution in [0.5, 0.6) is 0 Å². The molecule has 2 nitrogen and oxygen atoms in total. The van der Waals surface area contributed by atoms with Gasteiger partial charge in [0.1, 0.15) is 0 Å². The summed E-state index contributed by atoms with van der Waals surface area (Å²) in [6.07, 6.45) is 2.81. The molecule has 0 spiro atoms. The Balaban J connectivity index is 2.22. The first-order valence-corrected chi connectivity index (χ1v) is 6.74. The summed E-state index contributed by atoms with van der Waals surface area (Å²) in [5, 5.41) is 11.2. The average molecular weight is 274 g/mol. The predicted molar refractivity (Wildman–Crippen MR) is 86.1 cm³/mol. The van der Waals surface area contributed by atoms with Crippen molar-refractivity contribution in [1.82, 2.24) is 0 Å². The summed E-state index contributed by atoms with van der Waals surface area (Å²) in [6.45, 7) is 0. The number of rotatable bonds is 3. The molecule has 0 aliphatic carbocycles. The summed E-state index contributed by atoms with van der Waals surface area (Å²) < 4.78 is 0. The fourth-order valence-electron chi connectivity index (χ4n) is 2.51. The molecule has 3 aromatic carbocycles. The quantitative estimate of drug-likeness (QED) is 0.708. The lowest BCUT2D eigenvalue weighted by Gasteiger charge is -2.10. The molecule has 0 unspecified atom stereocenters. The molecule has 1 N–H and O–H groups in total. The Kier molecular flexibility index (Phi) is 3.52. The van der Waals surface area contributed by atoms with E-state index in [1.54, 1.807) is 6.08 Å². The van der Waals surface area contributed by atoms with Crippen molar-refractivity contribution in [1.29, 1.82) is 0 Å². The smallest absolute Gasteiger partial charge is 0.328 e. The molecule has 2 heteroatoms. The van der Waals surface area contributed by atoms with Gasteiger partial charge in [-0.1, -0.05) is 66.7 Å². The van der Waals surface area contributed by atoms with Gasteiger partial charge in [-0.15, -0.1) is 0 Å². The number of hydrogen-bond donors (Lipinski definition) is 1. The Morgan fingerprint density at radius 1 is 0.810 bits per heavy atom. The predicted octanol–water partition coefficient (Wildman–Crippen LogP) is 4.60. The zero-order chi connectivity index (χ0) is 14.7. The maximum atomic E-state index is 10.7. The lowest BCUT2D eigenvalue weighted by molar-refractivity contribution is -0.131. The standard InChI is InChI=1S/C19H14O2/c20-19(21)13-12-15-7-2-4-10-17(15)18-11-5-8-14-6-1-3-9-16(14)18/h1-13H,(H,20,21)/b13-12+. The van der Waals surface area contributed by atoms with Gasteiger partial charge in [-0.05, 0) is 33.5 Å². The van der Waals surface area contributed by atoms with Crippen molar-refractivity contribution < 1.29 is 9.90 Å². The first kappa shape index (κ1) is 13.1. The zero-order valence-corrected chi connectivity index (χ0v) is 11.4. The fourth-order valence-corrected chi connectivity index (χ4v) is 2.51. The second-order valence-electron chi connectivity index (χ2n) is 4.79. The van der Waals surface area contributed by atoms with Crippen molar-refractivity contribution in [3.05, 3.63) is 78.4 Å². The highest BCUT2D eigenvalue weighted by Gasteiger charge is 2.06. The molecule has 3 aromatic rings. The van der Waals surface area contributed by atoms with Crippen molar-refractivity contribution in [2.45, 2.75) is 0 Å². The van der Waals surface area contributed by atoms with Crippen molar-refractivity contribution in [3.63, 3.8) is 0 Å². The minimum absolute atomic E-state index is 0.899. The summed E-state index contributed by atoms with van der Waals surface area (Å²) in [5.74, 6) is -0.942. The molecule has 0 heterocycles. The molecule has 0 radical (unpaired) electrons. The third-order valence-corrected chi connectivity index (χ3v) is 3.45. The molecule has 21 heavy (non-hydrogen) atoms. The Labute approximate surface area is 123 Å². The van der Waals surface area contributed by atoms with E-state index in [0.717, 1.165) is 22.1 Å². The van der Waals surface area contributed by atoms with Crippen LogP contribution in [0.2, 0.25) is 0 Å². The van der Waals surface area contributed by atoms with E-state index in [1.807, 2.05) is 42.5 Å². The van der Waals surface area contributed by atoms with Gasteiger partial charge in [0.05, 0.1) is 0 Å². The minimum atomic E-state index is -0.942. The molecule has 0 bridgehead atoms. The monoisotopic (exact) mass is 274 g/mol. The topological polar surface area (TPSA) is 37.3 Å². The van der Waals surface area contributed by atoms with E-state index < -0.39 is 5.97 Å². The molecule has 3 rings (SSSR count). The van der Waals surface area contributed by atoms with Gasteiger partial charge in [0, 0.05) is 6.08 Å². The van der Waals surface area contributed by atoms with E-state index in [9.17, 15) is 4.79 Å². The zero-order valence-electron chi connectivity index (χ0n) is 11.4. The van der Waals surface area contributed by atoms with E-state index >= 15 is 0 Å². The summed E-state index contributed by atoms with van der Waals surface area (Å²) in [6, 6.07) is 22.2. The molecule has 0 aromatic heterocycles. The number of benzene rings is 3. The van der Waals surface area contributed by atoms with E-state index in [4.69, 9.17) is 5.11 Å². The maximum Gasteiger partial charge on any atom is 0.328 e. The van der Waals surface area contributed by atoms with Crippen LogP contribution in [0.15, 0.2) is 72.8 Å². The Hall–Kier alpha value is -2.87. The van der Waals surface area contributed by atoms with Crippen LogP contribution in [0.1, 0.15) is 5.56 Å². The van der Waals surface area contributed by atoms with Crippen LogP contribution in [-0.2, 0) is 4.79 Å². The fraction of sp³-hybridized carbons (Fsp3) is 0. The van der Waals surface area contributed by atoms with Gasteiger partial charge >= 0.3 is 5.97 Å². The Bertz CT molecular complexity index is 826. The van der Waals surface area contributed by atoms with Crippen molar-refractivity contribution in [2.75, 3.05) is 0 Å². The van der Waals surface area contributed by atoms with Gasteiger partial charge in [-0.3, -0.25) is 0 Å². The highest BCUT2D eigenvalue weighted by Crippen LogP contribution is 2.31. The second kappa shape index (κ2) is 5.63. The van der Waals surface area contributed by atoms with Crippen LogP contribution in [0.3, 0.4) is 0 Å². The van der Waals surface area contributed by atoms with Crippen LogP contribution in [0.25, 0.3) is 28.0 Å². The molecule has 0 aliphatic heterocycles. The number of fused-ring (bicyclic) bond motifs is 1. The minimum Gasteiger partial charge on any atom is -0.478 e. The van der Waals surface area contributed by atoms with Crippen LogP contribution >= 0.6 is 0 Å². The van der Waals surface area contributed by atoms with Crippen molar-refractivity contribution in [2.24, 2.45) is 0 Å². The molecule has 0 saturated carbocycles. The van der Waals surface area contributed by atoms with Gasteiger partial charge in [0.25, 0.3) is 0 Å². The molecular formula is C19H14O2. The first-order chi connectivity index (χ1) is 10.3. The summed E-state index contributed by atoms with van der Waals surface area (Å²) in [7, 11) is 0. The molecule has 0 amide bonds. The molecular weight excluding hydrogens is 260 g/mol. The highest BCUT2D eigenvalue weighted by atomic mass is 16.4. The highest BCUT2D eigenvalue weighted by molar-refractivity contribution is 5.99. The Morgan fingerprint density at radius 2 is 1.48 bits per heavy atom. The van der Waals surface area contributed by atoms with Crippen LogP contribution in [0.4, 0.5) is 0 Å². The lowest BCUT2D eigenvalue weighted by atomic mass is 9.94. The van der Waals surface area contributed by atoms with Crippen molar-refractivity contribution in [3.8, 4) is 11.1 Å². The normalized spacial score (nSPS) is 11.0. The van der Waals surface area contributed by atoms with Gasteiger partial charge in [-0.25, -0.2) is 4.79 Å². The van der Waals surface area contributed by atoms with Crippen LogP contribution < -0.4 is 0 Å². The molecule has 0 atom stereocenters. The summed E-state index contributed by atoms with van der Waals surface area (Å²) in [4.78, 5) is 10.7. The number of carboxylic acid groups (broad SMARTS) is 1. The van der Waals surface area contributed by atoms with Gasteiger partial charge < -0.3 is 5.11 Å². The number of aliphatic carboxylic acids is 1. The van der Waals surface area contributed by atoms with Gasteiger partial charge in [-0.2, -0.15) is 0 Å². The summed E-state index contributed by atoms with van der Waals surface area (Å²) >= 11 is 0. The van der Waals surface area contributed by atoms with Crippen molar-refractivity contribution >= 4 is 22.8 Å². The second-order valence-corrected chi connectivity index (χ2v) is 4.79. The molecule has 0 aliphatic rings. The van der Waals surface area contributed by atoms with E-state index in [-0.39, 0.29) is 0 Å². The van der Waals surface area contributed by atoms with E-state index in [0.29, 0.717) is 0 Å². The van der Waals surface area contributed by atoms with E-state index in [1.165, 1.54) is 11.5 Å². The number of carbonyl (C=O) groups is 1. The SMILES string of the molecule is O=C(O)/C=C/c1ccccc1-c1cccc2ccccc12. The van der Waals surface area contributed by atoms with E-state index in [2.05, 4.69) is 24.3 Å². The Morgan fingerprint density at radius 3 is 2.33 bits per heavy atom. The van der Waals surface area contributed by atoms with Gasteiger partial charge in [0.15, 0.2) is 0 Å². The largest absolute Gasteiger partial charge is 0.478 e. The maximum absolute atomic E-state index is 10.7. The van der Waals surface area contributed by atoms with Gasteiger partial charge in [0.2, 0.25) is 0 Å². The first-order valence-electron chi connectivity index (χ1n) is 6.74.